The van der Waals surface area contributed by atoms with Crippen LogP contribution in [-0.4, -0.2) is 13.6 Å². The first-order valence-corrected chi connectivity index (χ1v) is 9.04. The molecule has 0 amide bonds. The Labute approximate surface area is 144 Å². The lowest BCUT2D eigenvalue weighted by molar-refractivity contribution is -0.125. The van der Waals surface area contributed by atoms with E-state index in [0.29, 0.717) is 18.0 Å². The van der Waals surface area contributed by atoms with Gasteiger partial charge in [0.2, 0.25) is 0 Å². The number of carbonyl (C=O) groups excluding carboxylic acids is 1. The zero-order valence-corrected chi connectivity index (χ0v) is 15.6. The number of rotatable bonds is 2. The Morgan fingerprint density at radius 1 is 1.13 bits per heavy atom. The molecule has 3 rings (SSSR count). The molecule has 1 nitrogen and oxygen atoms in total. The molecule has 2 bridgehead atoms. The molecule has 2 atom stereocenters. The second kappa shape index (κ2) is 7.99. The van der Waals surface area contributed by atoms with Gasteiger partial charge in [0.15, 0.2) is 5.78 Å². The first kappa shape index (κ1) is 19.7. The third-order valence-electron chi connectivity index (χ3n) is 5.51. The van der Waals surface area contributed by atoms with E-state index in [9.17, 15) is 4.79 Å². The van der Waals surface area contributed by atoms with Crippen LogP contribution >= 0.6 is 0 Å². The molecule has 0 spiro atoms. The van der Waals surface area contributed by atoms with Crippen molar-refractivity contribution in [1.29, 1.82) is 0 Å². The summed E-state index contributed by atoms with van der Waals surface area (Å²) in [5.74, 6) is 0.656. The van der Waals surface area contributed by atoms with Gasteiger partial charge in [0, 0.05) is 5.41 Å². The van der Waals surface area contributed by atoms with Gasteiger partial charge in [-0.25, -0.2) is 0 Å². The Balaban J connectivity index is 0.000000615. The van der Waals surface area contributed by atoms with Crippen LogP contribution in [0.1, 0.15) is 59.9 Å². The molecule has 2 radical (unpaired) electrons. The van der Waals surface area contributed by atoms with Crippen molar-refractivity contribution in [1.82, 2.24) is 0 Å². The second-order valence-corrected chi connectivity index (χ2v) is 6.44. The fraction of sp³-hybridized carbons (Fsp3) is 0.571. The van der Waals surface area contributed by atoms with Crippen molar-refractivity contribution >= 4 is 19.7 Å². The van der Waals surface area contributed by atoms with Crippen LogP contribution in [0.3, 0.4) is 0 Å². The molecule has 0 aromatic heterocycles. The van der Waals surface area contributed by atoms with E-state index >= 15 is 0 Å². The first-order valence-electron chi connectivity index (χ1n) is 9.04. The molecule has 23 heavy (non-hydrogen) atoms. The van der Waals surface area contributed by atoms with Crippen LogP contribution in [0, 0.1) is 16.7 Å². The van der Waals surface area contributed by atoms with Gasteiger partial charge in [-0.1, -0.05) is 78.2 Å². The van der Waals surface area contributed by atoms with Gasteiger partial charge in [0.05, 0.1) is 7.85 Å². The van der Waals surface area contributed by atoms with Gasteiger partial charge in [-0.15, -0.1) is 0 Å². The highest BCUT2D eigenvalue weighted by molar-refractivity contribution is 6.16. The molecule has 1 aromatic rings. The molecular formula is C21H31BO. The van der Waals surface area contributed by atoms with E-state index in [1.165, 1.54) is 0 Å². The molecule has 2 fully saturated rings. The predicted octanol–water partition coefficient (Wildman–Crippen LogP) is 5.71. The van der Waals surface area contributed by atoms with Gasteiger partial charge in [0.25, 0.3) is 0 Å². The molecule has 1 aromatic carbocycles. The summed E-state index contributed by atoms with van der Waals surface area (Å²) in [6, 6.07) is 10.1. The Morgan fingerprint density at radius 2 is 1.70 bits per heavy atom. The summed E-state index contributed by atoms with van der Waals surface area (Å²) in [6.07, 6.45) is 4.59. The normalized spacial score (nSPS) is 28.7. The highest BCUT2D eigenvalue weighted by Gasteiger charge is 2.65. The number of hydrogen-bond acceptors (Lipinski definition) is 1. The van der Waals surface area contributed by atoms with Gasteiger partial charge in [0.1, 0.15) is 0 Å². The van der Waals surface area contributed by atoms with Crippen molar-refractivity contribution in [2.75, 3.05) is 0 Å². The number of benzene rings is 1. The van der Waals surface area contributed by atoms with E-state index in [0.717, 1.165) is 24.0 Å². The number of ketones is 1. The molecule has 2 aliphatic carbocycles. The van der Waals surface area contributed by atoms with Crippen LogP contribution < -0.4 is 0 Å². The van der Waals surface area contributed by atoms with Crippen molar-refractivity contribution in [2.24, 2.45) is 16.7 Å². The summed E-state index contributed by atoms with van der Waals surface area (Å²) >= 11 is 0. The van der Waals surface area contributed by atoms with Crippen molar-refractivity contribution in [3.63, 3.8) is 0 Å². The maximum absolute atomic E-state index is 12.8. The van der Waals surface area contributed by atoms with E-state index in [1.807, 2.05) is 58.0 Å². The topological polar surface area (TPSA) is 17.1 Å². The summed E-state index contributed by atoms with van der Waals surface area (Å²) in [5, 5.41) is 0. The second-order valence-electron chi connectivity index (χ2n) is 6.44. The summed E-state index contributed by atoms with van der Waals surface area (Å²) in [5.41, 5.74) is 1.78. The molecule has 2 unspecified atom stereocenters. The van der Waals surface area contributed by atoms with Crippen molar-refractivity contribution < 1.29 is 4.79 Å². The summed E-state index contributed by atoms with van der Waals surface area (Å²) in [6.45, 7) is 12.4. The standard InChI is InChI=1S/C17H19BO.2C2H6/c1-16(2)14-8-9-17(16,11-18)15(19)13(14)10-12-6-4-3-5-7-12;2*1-2/h3-7,10,14H,8-9,11H2,1-2H3;2*1-2H3/b13-10+;;. The molecular weight excluding hydrogens is 279 g/mol. The van der Waals surface area contributed by atoms with Gasteiger partial charge in [-0.2, -0.15) is 0 Å². The lowest BCUT2D eigenvalue weighted by atomic mass is 9.62. The largest absolute Gasteiger partial charge is 0.294 e. The minimum absolute atomic E-state index is 0.000549. The average Bonchev–Trinajstić information content (AvgIpc) is 2.95. The molecule has 0 N–H and O–H groups in total. The highest BCUT2D eigenvalue weighted by atomic mass is 16.1. The Kier molecular flexibility index (Phi) is 6.86. The zero-order valence-electron chi connectivity index (χ0n) is 15.6. The number of allylic oxidation sites excluding steroid dienone is 1. The molecule has 124 valence electrons. The number of hydrogen-bond donors (Lipinski definition) is 0. The summed E-state index contributed by atoms with van der Waals surface area (Å²) in [4.78, 5) is 12.8. The fourth-order valence-corrected chi connectivity index (χ4v) is 4.14. The SMILES string of the molecule is CC.CC.[B]CC12CCC(/C(=C\c3ccccc3)C1=O)C2(C)C. The third kappa shape index (κ3) is 3.05. The van der Waals surface area contributed by atoms with E-state index < -0.39 is 0 Å². The smallest absolute Gasteiger partial charge is 0.165 e. The van der Waals surface area contributed by atoms with Crippen molar-refractivity contribution in [2.45, 2.75) is 60.7 Å². The van der Waals surface area contributed by atoms with Gasteiger partial charge in [-0.3, -0.25) is 4.79 Å². The quantitative estimate of drug-likeness (QED) is 0.505. The first-order chi connectivity index (χ1) is 11.0. The molecule has 0 aliphatic heterocycles. The number of carbonyl (C=O) groups is 1. The summed E-state index contributed by atoms with van der Waals surface area (Å²) in [7, 11) is 5.98. The maximum atomic E-state index is 12.8. The fourth-order valence-electron chi connectivity index (χ4n) is 4.14. The number of fused-ring (bicyclic) bond motifs is 2. The lowest BCUT2D eigenvalue weighted by Gasteiger charge is -2.35. The number of Topliss-reactive ketones (excluding diaryl/α,β-unsaturated/α-hetero) is 1. The maximum Gasteiger partial charge on any atom is 0.165 e. The molecule has 2 heteroatoms. The molecule has 0 saturated heterocycles. The van der Waals surface area contributed by atoms with Gasteiger partial charge >= 0.3 is 0 Å². The van der Waals surface area contributed by atoms with Gasteiger partial charge < -0.3 is 0 Å². The summed E-state index contributed by atoms with van der Waals surface area (Å²) < 4.78 is 0. The zero-order chi connectivity index (χ0) is 17.7. The Hall–Kier alpha value is -1.31. The van der Waals surface area contributed by atoms with Crippen LogP contribution in [-0.2, 0) is 4.79 Å². The van der Waals surface area contributed by atoms with Crippen molar-refractivity contribution in [3.05, 3.63) is 41.5 Å². The third-order valence-corrected chi connectivity index (χ3v) is 5.51. The van der Waals surface area contributed by atoms with E-state index in [2.05, 4.69) is 19.9 Å². The van der Waals surface area contributed by atoms with Crippen LogP contribution in [0.25, 0.3) is 6.08 Å². The van der Waals surface area contributed by atoms with Crippen LogP contribution in [0.2, 0.25) is 6.32 Å². The monoisotopic (exact) mass is 310 g/mol. The van der Waals surface area contributed by atoms with Crippen LogP contribution in [0.15, 0.2) is 35.9 Å². The van der Waals surface area contributed by atoms with E-state index in [-0.39, 0.29) is 10.8 Å². The van der Waals surface area contributed by atoms with Gasteiger partial charge in [-0.05, 0) is 41.4 Å². The highest BCUT2D eigenvalue weighted by Crippen LogP contribution is 2.67. The minimum Gasteiger partial charge on any atom is -0.294 e. The lowest BCUT2D eigenvalue weighted by Crippen LogP contribution is -2.35. The molecule has 0 heterocycles. The van der Waals surface area contributed by atoms with E-state index in [4.69, 9.17) is 7.85 Å². The predicted molar refractivity (Wildman–Crippen MR) is 102 cm³/mol. The van der Waals surface area contributed by atoms with Crippen LogP contribution in [0.4, 0.5) is 0 Å². The van der Waals surface area contributed by atoms with Crippen LogP contribution in [0.5, 0.6) is 0 Å². The average molecular weight is 310 g/mol. The molecule has 2 aliphatic rings. The minimum atomic E-state index is -0.321. The molecule has 2 saturated carbocycles. The van der Waals surface area contributed by atoms with E-state index in [1.54, 1.807) is 0 Å². The Bertz CT molecular complexity index is 544. The Morgan fingerprint density at radius 3 is 2.17 bits per heavy atom. The van der Waals surface area contributed by atoms with Crippen molar-refractivity contribution in [3.8, 4) is 0 Å².